The van der Waals surface area contributed by atoms with Crippen LogP contribution in [0.1, 0.15) is 5.56 Å². The van der Waals surface area contributed by atoms with E-state index in [1.54, 1.807) is 19.4 Å². The summed E-state index contributed by atoms with van der Waals surface area (Å²) in [6, 6.07) is 13.1. The molecule has 4 aromatic rings. The zero-order valence-corrected chi connectivity index (χ0v) is 17.6. The first-order valence-electron chi connectivity index (χ1n) is 10.4. The summed E-state index contributed by atoms with van der Waals surface area (Å²) in [4.78, 5) is 5.78. The first-order valence-corrected chi connectivity index (χ1v) is 10.4. The molecule has 0 atom stereocenters. The van der Waals surface area contributed by atoms with Crippen LogP contribution < -0.4 is 15.0 Å². The maximum Gasteiger partial charge on any atom is 0.133 e. The smallest absolute Gasteiger partial charge is 0.133 e. The van der Waals surface area contributed by atoms with Crippen molar-refractivity contribution < 1.29 is 9.13 Å². The van der Waals surface area contributed by atoms with Gasteiger partial charge in [0.2, 0.25) is 0 Å². The highest BCUT2D eigenvalue weighted by molar-refractivity contribution is 5.92. The van der Waals surface area contributed by atoms with E-state index in [0.717, 1.165) is 76.6 Å². The van der Waals surface area contributed by atoms with Gasteiger partial charge in [-0.2, -0.15) is 5.10 Å². The molecule has 158 valence electrons. The molecule has 0 bridgehead atoms. The largest absolute Gasteiger partial charge is 0.497 e. The van der Waals surface area contributed by atoms with E-state index in [1.807, 2.05) is 31.2 Å². The lowest BCUT2D eigenvalue weighted by molar-refractivity contribution is 0.415. The average molecular weight is 417 g/mol. The SMILES string of the molecule is COc1ccc2cc(-c3nncc(-c4cc(C)cc(F)c4)c3N3CCNCC3)[nH]c2c1. The summed E-state index contributed by atoms with van der Waals surface area (Å²) in [5, 5.41) is 13.3. The Morgan fingerprint density at radius 2 is 1.90 bits per heavy atom. The predicted octanol–water partition coefficient (Wildman–Crippen LogP) is 4.16. The Morgan fingerprint density at radius 3 is 2.68 bits per heavy atom. The molecule has 5 rings (SSSR count). The van der Waals surface area contributed by atoms with Gasteiger partial charge in [-0.15, -0.1) is 5.10 Å². The Balaban J connectivity index is 1.71. The van der Waals surface area contributed by atoms with E-state index < -0.39 is 0 Å². The van der Waals surface area contributed by atoms with Crippen LogP contribution in [-0.4, -0.2) is 48.5 Å². The first-order chi connectivity index (χ1) is 15.1. The predicted molar refractivity (Wildman–Crippen MR) is 121 cm³/mol. The van der Waals surface area contributed by atoms with Crippen molar-refractivity contribution in [1.82, 2.24) is 20.5 Å². The number of hydrogen-bond acceptors (Lipinski definition) is 5. The summed E-state index contributed by atoms with van der Waals surface area (Å²) in [6.45, 7) is 5.35. The molecule has 2 aromatic heterocycles. The van der Waals surface area contributed by atoms with Gasteiger partial charge in [-0.25, -0.2) is 4.39 Å². The van der Waals surface area contributed by atoms with Gasteiger partial charge in [-0.3, -0.25) is 0 Å². The van der Waals surface area contributed by atoms with Crippen LogP contribution >= 0.6 is 0 Å². The zero-order valence-electron chi connectivity index (χ0n) is 17.6. The number of anilines is 1. The van der Waals surface area contributed by atoms with Gasteiger partial charge in [-0.05, 0) is 48.4 Å². The molecule has 7 heteroatoms. The number of nitrogens with zero attached hydrogens (tertiary/aromatic N) is 3. The summed E-state index contributed by atoms with van der Waals surface area (Å²) in [7, 11) is 1.66. The van der Waals surface area contributed by atoms with Crippen LogP contribution in [0.15, 0.2) is 48.7 Å². The highest BCUT2D eigenvalue weighted by Crippen LogP contribution is 2.39. The lowest BCUT2D eigenvalue weighted by Crippen LogP contribution is -2.44. The Kier molecular flexibility index (Phi) is 5.03. The molecule has 6 nitrogen and oxygen atoms in total. The van der Waals surface area contributed by atoms with Crippen molar-refractivity contribution in [2.24, 2.45) is 0 Å². The number of ether oxygens (including phenoxy) is 1. The molecule has 0 aliphatic carbocycles. The number of rotatable bonds is 4. The number of hydrogen-bond donors (Lipinski definition) is 2. The Bertz CT molecular complexity index is 1230. The molecule has 0 radical (unpaired) electrons. The monoisotopic (exact) mass is 417 g/mol. The third kappa shape index (κ3) is 3.72. The number of piperazine rings is 1. The summed E-state index contributed by atoms with van der Waals surface area (Å²) >= 11 is 0. The molecule has 0 saturated carbocycles. The standard InChI is InChI=1S/C24H24FN5O/c1-15-9-17(11-18(25)10-15)20-14-27-29-23(24(20)30-7-5-26-6-8-30)22-12-16-3-4-19(31-2)13-21(16)28-22/h3-4,9-14,26,28H,5-8H2,1-2H3. The number of nitrogens with one attached hydrogen (secondary N) is 2. The number of methoxy groups -OCH3 is 1. The first kappa shape index (κ1) is 19.5. The Labute approximate surface area is 180 Å². The van der Waals surface area contributed by atoms with Crippen LogP contribution in [0, 0.1) is 12.7 Å². The van der Waals surface area contributed by atoms with Crippen LogP contribution in [0.25, 0.3) is 33.4 Å². The maximum atomic E-state index is 14.2. The maximum absolute atomic E-state index is 14.2. The minimum atomic E-state index is -0.252. The van der Waals surface area contributed by atoms with E-state index in [9.17, 15) is 4.39 Å². The van der Waals surface area contributed by atoms with Crippen molar-refractivity contribution in [3.8, 4) is 28.3 Å². The minimum absolute atomic E-state index is 0.252. The van der Waals surface area contributed by atoms with Crippen molar-refractivity contribution in [3.63, 3.8) is 0 Å². The molecule has 1 saturated heterocycles. The van der Waals surface area contributed by atoms with E-state index in [-0.39, 0.29) is 5.82 Å². The molecular weight excluding hydrogens is 393 g/mol. The number of benzene rings is 2. The van der Waals surface area contributed by atoms with Crippen molar-refractivity contribution in [2.45, 2.75) is 6.92 Å². The van der Waals surface area contributed by atoms with Crippen LogP contribution in [-0.2, 0) is 0 Å². The fraction of sp³-hybridized carbons (Fsp3) is 0.250. The van der Waals surface area contributed by atoms with Crippen LogP contribution in [0.5, 0.6) is 5.75 Å². The van der Waals surface area contributed by atoms with E-state index in [4.69, 9.17) is 4.74 Å². The quantitative estimate of drug-likeness (QED) is 0.522. The summed E-state index contributed by atoms with van der Waals surface area (Å²) in [5.41, 5.74) is 6.13. The molecule has 2 aromatic carbocycles. The fourth-order valence-electron chi connectivity index (χ4n) is 4.23. The fourth-order valence-corrected chi connectivity index (χ4v) is 4.23. The third-order valence-corrected chi connectivity index (χ3v) is 5.70. The van der Waals surface area contributed by atoms with Gasteiger partial charge in [0.15, 0.2) is 0 Å². The van der Waals surface area contributed by atoms with Gasteiger partial charge in [-0.1, -0.05) is 6.07 Å². The van der Waals surface area contributed by atoms with Crippen molar-refractivity contribution in [2.75, 3.05) is 38.2 Å². The molecule has 0 amide bonds. The normalized spacial score (nSPS) is 14.2. The topological polar surface area (TPSA) is 66.1 Å². The summed E-state index contributed by atoms with van der Waals surface area (Å²) in [5.74, 6) is 0.538. The number of aryl methyl sites for hydroxylation is 1. The van der Waals surface area contributed by atoms with E-state index >= 15 is 0 Å². The second-order valence-corrected chi connectivity index (χ2v) is 7.85. The molecule has 1 aliphatic rings. The zero-order chi connectivity index (χ0) is 21.4. The second-order valence-electron chi connectivity index (χ2n) is 7.85. The van der Waals surface area contributed by atoms with Gasteiger partial charge in [0.25, 0.3) is 0 Å². The molecule has 1 aliphatic heterocycles. The number of aromatic amines is 1. The van der Waals surface area contributed by atoms with Gasteiger partial charge in [0.1, 0.15) is 17.3 Å². The average Bonchev–Trinajstić information content (AvgIpc) is 3.21. The summed E-state index contributed by atoms with van der Waals surface area (Å²) in [6.07, 6.45) is 1.74. The Hall–Kier alpha value is -3.45. The third-order valence-electron chi connectivity index (χ3n) is 5.70. The van der Waals surface area contributed by atoms with Crippen molar-refractivity contribution in [3.05, 3.63) is 60.0 Å². The number of halogens is 1. The molecule has 1 fully saturated rings. The van der Waals surface area contributed by atoms with Crippen LogP contribution in [0.4, 0.5) is 10.1 Å². The van der Waals surface area contributed by atoms with E-state index in [2.05, 4.69) is 31.5 Å². The van der Waals surface area contributed by atoms with Crippen molar-refractivity contribution in [1.29, 1.82) is 0 Å². The van der Waals surface area contributed by atoms with E-state index in [0.29, 0.717) is 0 Å². The van der Waals surface area contributed by atoms with Gasteiger partial charge < -0.3 is 19.9 Å². The van der Waals surface area contributed by atoms with E-state index in [1.165, 1.54) is 6.07 Å². The highest BCUT2D eigenvalue weighted by Gasteiger charge is 2.23. The Morgan fingerprint density at radius 1 is 1.06 bits per heavy atom. The molecule has 3 heterocycles. The van der Waals surface area contributed by atoms with Crippen LogP contribution in [0.3, 0.4) is 0 Å². The lowest BCUT2D eigenvalue weighted by Gasteiger charge is -2.32. The van der Waals surface area contributed by atoms with Gasteiger partial charge >= 0.3 is 0 Å². The molecular formula is C24H24FN5O. The number of fused-ring (bicyclic) bond motifs is 1. The molecule has 0 unspecified atom stereocenters. The summed E-state index contributed by atoms with van der Waals surface area (Å²) < 4.78 is 19.6. The molecule has 0 spiro atoms. The van der Waals surface area contributed by atoms with Crippen LogP contribution in [0.2, 0.25) is 0 Å². The lowest BCUT2D eigenvalue weighted by atomic mass is 10.0. The minimum Gasteiger partial charge on any atom is -0.497 e. The number of H-pyrrole nitrogens is 1. The second kappa shape index (κ2) is 8.00. The van der Waals surface area contributed by atoms with Gasteiger partial charge in [0.05, 0.1) is 24.7 Å². The highest BCUT2D eigenvalue weighted by atomic mass is 19.1. The van der Waals surface area contributed by atoms with Crippen molar-refractivity contribution >= 4 is 16.6 Å². The van der Waals surface area contributed by atoms with Gasteiger partial charge in [0, 0.05) is 48.7 Å². The molecule has 31 heavy (non-hydrogen) atoms. The molecule has 2 N–H and O–H groups in total. The number of aromatic nitrogens is 3.